The van der Waals surface area contributed by atoms with Crippen molar-refractivity contribution in [3.05, 3.63) is 35.7 Å². The first-order valence-corrected chi connectivity index (χ1v) is 9.60. The highest BCUT2D eigenvalue weighted by molar-refractivity contribution is 8.00. The van der Waals surface area contributed by atoms with Crippen molar-refractivity contribution in [3.63, 3.8) is 0 Å². The number of benzene rings is 1. The van der Waals surface area contributed by atoms with Gasteiger partial charge in [0.05, 0.1) is 6.20 Å². The van der Waals surface area contributed by atoms with Gasteiger partial charge in [-0.1, -0.05) is 24.5 Å². The summed E-state index contributed by atoms with van der Waals surface area (Å²) in [6, 6.07) is 6.06. The summed E-state index contributed by atoms with van der Waals surface area (Å²) >= 11 is 1.92. The average Bonchev–Trinajstić information content (AvgIpc) is 3.07. The number of aryl methyl sites for hydroxylation is 1. The fourth-order valence-corrected chi connectivity index (χ4v) is 4.38. The van der Waals surface area contributed by atoms with E-state index in [2.05, 4.69) is 21.7 Å². The SMILES string of the molecule is Cc1cc(SC2CCCCC2)ccc1NC(=O)Cn1cc(C(=O)O)nn1. The van der Waals surface area contributed by atoms with Crippen LogP contribution >= 0.6 is 11.8 Å². The van der Waals surface area contributed by atoms with Gasteiger partial charge in [0.2, 0.25) is 5.91 Å². The summed E-state index contributed by atoms with van der Waals surface area (Å²) in [4.78, 5) is 24.2. The number of nitrogens with zero attached hydrogens (tertiary/aromatic N) is 3. The van der Waals surface area contributed by atoms with Crippen molar-refractivity contribution in [2.24, 2.45) is 0 Å². The molecule has 2 aromatic rings. The Hall–Kier alpha value is -2.35. The molecular weight excluding hydrogens is 352 g/mol. The van der Waals surface area contributed by atoms with Crippen LogP contribution < -0.4 is 5.32 Å². The number of thioether (sulfide) groups is 1. The molecule has 8 heteroatoms. The van der Waals surface area contributed by atoms with E-state index < -0.39 is 5.97 Å². The Morgan fingerprint density at radius 1 is 1.31 bits per heavy atom. The topological polar surface area (TPSA) is 97.1 Å². The molecule has 1 aliphatic rings. The minimum Gasteiger partial charge on any atom is -0.476 e. The van der Waals surface area contributed by atoms with Crippen molar-refractivity contribution in [2.45, 2.75) is 55.7 Å². The van der Waals surface area contributed by atoms with Gasteiger partial charge in [-0.2, -0.15) is 0 Å². The normalized spacial score (nSPS) is 15.0. The zero-order chi connectivity index (χ0) is 18.5. The number of amides is 1. The monoisotopic (exact) mass is 374 g/mol. The third kappa shape index (κ3) is 4.85. The number of carbonyl (C=O) groups is 2. The van der Waals surface area contributed by atoms with Gasteiger partial charge in [0, 0.05) is 15.8 Å². The molecular formula is C18H22N4O3S. The number of carbonyl (C=O) groups excluding carboxylic acids is 1. The van der Waals surface area contributed by atoms with E-state index in [1.54, 1.807) is 0 Å². The van der Waals surface area contributed by atoms with Gasteiger partial charge in [-0.15, -0.1) is 16.9 Å². The maximum atomic E-state index is 12.2. The molecule has 0 bridgehead atoms. The van der Waals surface area contributed by atoms with Gasteiger partial charge < -0.3 is 10.4 Å². The molecule has 0 unspecified atom stereocenters. The summed E-state index contributed by atoms with van der Waals surface area (Å²) in [6.45, 7) is 1.89. The Morgan fingerprint density at radius 3 is 2.73 bits per heavy atom. The molecule has 0 atom stereocenters. The average molecular weight is 374 g/mol. The molecule has 26 heavy (non-hydrogen) atoms. The minimum atomic E-state index is -1.17. The largest absolute Gasteiger partial charge is 0.476 e. The molecule has 2 N–H and O–H groups in total. The molecule has 3 rings (SSSR count). The second kappa shape index (κ2) is 8.35. The van der Waals surface area contributed by atoms with E-state index in [-0.39, 0.29) is 18.1 Å². The smallest absolute Gasteiger partial charge is 0.358 e. The van der Waals surface area contributed by atoms with Crippen LogP contribution in [0.2, 0.25) is 0 Å². The predicted octanol–water partition coefficient (Wildman–Crippen LogP) is 3.35. The summed E-state index contributed by atoms with van der Waals surface area (Å²) < 4.78 is 1.21. The van der Waals surface area contributed by atoms with Crippen LogP contribution in [-0.4, -0.2) is 37.2 Å². The number of nitrogens with one attached hydrogen (secondary N) is 1. The molecule has 0 radical (unpaired) electrons. The third-order valence-electron chi connectivity index (χ3n) is 4.39. The molecule has 138 valence electrons. The van der Waals surface area contributed by atoms with Gasteiger partial charge in [0.15, 0.2) is 5.69 Å². The molecule has 1 aromatic heterocycles. The Bertz CT molecular complexity index is 799. The molecule has 0 aliphatic heterocycles. The lowest BCUT2D eigenvalue weighted by Gasteiger charge is -2.21. The Balaban J connectivity index is 1.58. The van der Waals surface area contributed by atoms with Crippen LogP contribution in [0.1, 0.15) is 48.2 Å². The molecule has 1 fully saturated rings. The molecule has 0 saturated heterocycles. The zero-order valence-corrected chi connectivity index (χ0v) is 15.5. The fourth-order valence-electron chi connectivity index (χ4n) is 3.04. The number of anilines is 1. The van der Waals surface area contributed by atoms with Crippen LogP contribution in [0.25, 0.3) is 0 Å². The second-order valence-corrected chi connectivity index (χ2v) is 7.88. The first-order valence-electron chi connectivity index (χ1n) is 8.72. The zero-order valence-electron chi connectivity index (χ0n) is 14.6. The number of carboxylic acids is 1. The van der Waals surface area contributed by atoms with Gasteiger partial charge in [0.25, 0.3) is 0 Å². The Labute approximate surface area is 156 Å². The van der Waals surface area contributed by atoms with Crippen molar-refractivity contribution in [3.8, 4) is 0 Å². The highest BCUT2D eigenvalue weighted by Gasteiger charge is 2.15. The van der Waals surface area contributed by atoms with Crippen molar-refractivity contribution in [1.82, 2.24) is 15.0 Å². The molecule has 1 amide bonds. The van der Waals surface area contributed by atoms with Gasteiger partial charge >= 0.3 is 5.97 Å². The summed E-state index contributed by atoms with van der Waals surface area (Å²) in [5.41, 5.74) is 1.57. The standard InChI is InChI=1S/C18H22N4O3S/c1-12-9-14(26-13-5-3-2-4-6-13)7-8-15(12)19-17(23)11-22-10-16(18(24)25)20-21-22/h7-10,13H,2-6,11H2,1H3,(H,19,23)(H,24,25). The van der Waals surface area contributed by atoms with E-state index in [1.807, 2.05) is 30.8 Å². The molecule has 1 aromatic carbocycles. The van der Waals surface area contributed by atoms with E-state index in [1.165, 1.54) is 47.9 Å². The molecule has 0 spiro atoms. The van der Waals surface area contributed by atoms with Gasteiger partial charge in [0.1, 0.15) is 6.54 Å². The van der Waals surface area contributed by atoms with Crippen molar-refractivity contribution in [1.29, 1.82) is 0 Å². The van der Waals surface area contributed by atoms with Gasteiger partial charge in [-0.3, -0.25) is 4.79 Å². The number of hydrogen-bond donors (Lipinski definition) is 2. The third-order valence-corrected chi connectivity index (χ3v) is 5.72. The van der Waals surface area contributed by atoms with E-state index in [0.29, 0.717) is 5.25 Å². The van der Waals surface area contributed by atoms with E-state index >= 15 is 0 Å². The quantitative estimate of drug-likeness (QED) is 0.805. The van der Waals surface area contributed by atoms with Crippen LogP contribution in [-0.2, 0) is 11.3 Å². The maximum Gasteiger partial charge on any atom is 0.358 e. The highest BCUT2D eigenvalue weighted by atomic mass is 32.2. The lowest BCUT2D eigenvalue weighted by atomic mass is 10.0. The first-order chi connectivity index (χ1) is 12.5. The Kier molecular flexibility index (Phi) is 5.92. The summed E-state index contributed by atoms with van der Waals surface area (Å²) in [5.74, 6) is -1.44. The lowest BCUT2D eigenvalue weighted by Crippen LogP contribution is -2.19. The van der Waals surface area contributed by atoms with Crippen LogP contribution in [0.3, 0.4) is 0 Å². The summed E-state index contributed by atoms with van der Waals surface area (Å²) in [7, 11) is 0. The van der Waals surface area contributed by atoms with Crippen molar-refractivity contribution < 1.29 is 14.7 Å². The highest BCUT2D eigenvalue weighted by Crippen LogP contribution is 2.34. The van der Waals surface area contributed by atoms with Gasteiger partial charge in [-0.05, 0) is 43.5 Å². The molecule has 7 nitrogen and oxygen atoms in total. The van der Waals surface area contributed by atoms with E-state index in [9.17, 15) is 9.59 Å². The lowest BCUT2D eigenvalue weighted by molar-refractivity contribution is -0.116. The number of rotatable bonds is 6. The molecule has 1 heterocycles. The van der Waals surface area contributed by atoms with Crippen molar-refractivity contribution >= 4 is 29.3 Å². The van der Waals surface area contributed by atoms with Crippen LogP contribution in [0.4, 0.5) is 5.69 Å². The summed E-state index contributed by atoms with van der Waals surface area (Å²) in [6.07, 6.45) is 7.77. The van der Waals surface area contributed by atoms with E-state index in [0.717, 1.165) is 11.3 Å². The Morgan fingerprint density at radius 2 is 2.08 bits per heavy atom. The summed E-state index contributed by atoms with van der Waals surface area (Å²) in [5, 5.41) is 19.5. The molecule has 1 aliphatic carbocycles. The van der Waals surface area contributed by atoms with Crippen LogP contribution in [0.15, 0.2) is 29.3 Å². The predicted molar refractivity (Wildman–Crippen MR) is 99.5 cm³/mol. The van der Waals surface area contributed by atoms with Crippen molar-refractivity contribution in [2.75, 3.05) is 5.32 Å². The number of carboxylic acid groups (broad SMARTS) is 1. The first kappa shape index (κ1) is 18.4. The fraction of sp³-hybridized carbons (Fsp3) is 0.444. The number of aromatic nitrogens is 3. The van der Waals surface area contributed by atoms with E-state index in [4.69, 9.17) is 5.11 Å². The van der Waals surface area contributed by atoms with Crippen LogP contribution in [0, 0.1) is 6.92 Å². The number of aromatic carboxylic acids is 1. The second-order valence-electron chi connectivity index (χ2n) is 6.51. The number of hydrogen-bond acceptors (Lipinski definition) is 5. The maximum absolute atomic E-state index is 12.2. The van der Waals surface area contributed by atoms with Gasteiger partial charge in [-0.25, -0.2) is 9.48 Å². The van der Waals surface area contributed by atoms with Crippen LogP contribution in [0.5, 0.6) is 0 Å². The molecule has 1 saturated carbocycles. The minimum absolute atomic E-state index is 0.0850.